The number of aromatic amines is 1. The Hall–Kier alpha value is -2.65. The topological polar surface area (TPSA) is 117 Å². The number of aromatic nitrogens is 1. The molecule has 0 aliphatic heterocycles. The normalized spacial score (nSPS) is 11.5. The first-order chi connectivity index (χ1) is 13.1. The molecule has 2 aromatic rings. The molecule has 8 nitrogen and oxygen atoms in total. The van der Waals surface area contributed by atoms with Crippen LogP contribution in [0.5, 0.6) is 0 Å². The lowest BCUT2D eigenvalue weighted by Crippen LogP contribution is -2.24. The summed E-state index contributed by atoms with van der Waals surface area (Å²) in [5.41, 5.74) is 2.31. The Kier molecular flexibility index (Phi) is 6.63. The maximum absolute atomic E-state index is 12.6. The molecule has 1 aromatic carbocycles. The van der Waals surface area contributed by atoms with Crippen molar-refractivity contribution in [2.75, 3.05) is 7.05 Å². The Labute approximate surface area is 164 Å². The van der Waals surface area contributed by atoms with E-state index in [1.807, 2.05) is 0 Å². The molecule has 1 heterocycles. The van der Waals surface area contributed by atoms with Gasteiger partial charge in [0.1, 0.15) is 5.69 Å². The Morgan fingerprint density at radius 3 is 2.50 bits per heavy atom. The molecule has 0 saturated carbocycles. The highest BCUT2D eigenvalue weighted by Crippen LogP contribution is 2.20. The fourth-order valence-corrected chi connectivity index (χ4v) is 3.57. The SMILES string of the molecule is CNS(=O)(=O)c1cccc(CNC(=O)c2[nH]c(C)c(C(=O)OC(C)C)c2C)c1. The number of esters is 1. The first-order valence-corrected chi connectivity index (χ1v) is 10.3. The summed E-state index contributed by atoms with van der Waals surface area (Å²) in [5.74, 6) is -0.878. The third kappa shape index (κ3) is 4.79. The van der Waals surface area contributed by atoms with Crippen LogP contribution in [0.1, 0.15) is 51.5 Å². The first-order valence-electron chi connectivity index (χ1n) is 8.77. The van der Waals surface area contributed by atoms with Gasteiger partial charge in [0.05, 0.1) is 16.6 Å². The average molecular weight is 407 g/mol. The highest BCUT2D eigenvalue weighted by Gasteiger charge is 2.23. The molecule has 28 heavy (non-hydrogen) atoms. The van der Waals surface area contributed by atoms with E-state index in [1.54, 1.807) is 39.8 Å². The van der Waals surface area contributed by atoms with E-state index in [-0.39, 0.29) is 23.2 Å². The van der Waals surface area contributed by atoms with Crippen LogP contribution in [0.15, 0.2) is 29.2 Å². The third-order valence-corrected chi connectivity index (χ3v) is 5.55. The molecule has 0 atom stereocenters. The van der Waals surface area contributed by atoms with E-state index in [1.165, 1.54) is 19.2 Å². The van der Waals surface area contributed by atoms with Crippen LogP contribution >= 0.6 is 0 Å². The second-order valence-electron chi connectivity index (χ2n) is 6.62. The predicted octanol–water partition coefficient (Wildman–Crippen LogP) is 2.03. The summed E-state index contributed by atoms with van der Waals surface area (Å²) in [7, 11) is -2.22. The van der Waals surface area contributed by atoms with E-state index in [0.717, 1.165) is 0 Å². The quantitative estimate of drug-likeness (QED) is 0.607. The van der Waals surface area contributed by atoms with Crippen molar-refractivity contribution in [1.82, 2.24) is 15.0 Å². The van der Waals surface area contributed by atoms with Crippen molar-refractivity contribution in [1.29, 1.82) is 0 Å². The molecule has 0 bridgehead atoms. The number of rotatable bonds is 7. The van der Waals surface area contributed by atoms with Crippen molar-refractivity contribution in [3.8, 4) is 0 Å². The lowest BCUT2D eigenvalue weighted by atomic mass is 10.1. The summed E-state index contributed by atoms with van der Waals surface area (Å²) < 4.78 is 31.3. The van der Waals surface area contributed by atoms with E-state index in [9.17, 15) is 18.0 Å². The summed E-state index contributed by atoms with van der Waals surface area (Å²) in [5, 5.41) is 2.74. The number of carbonyl (C=O) groups excluding carboxylic acids is 2. The number of nitrogens with one attached hydrogen (secondary N) is 3. The van der Waals surface area contributed by atoms with Crippen molar-refractivity contribution in [3.05, 3.63) is 52.3 Å². The van der Waals surface area contributed by atoms with Gasteiger partial charge in [-0.25, -0.2) is 17.9 Å². The number of amides is 1. The third-order valence-electron chi connectivity index (χ3n) is 4.14. The number of H-pyrrole nitrogens is 1. The van der Waals surface area contributed by atoms with Crippen LogP contribution in [0, 0.1) is 13.8 Å². The van der Waals surface area contributed by atoms with E-state index < -0.39 is 21.9 Å². The van der Waals surface area contributed by atoms with Gasteiger partial charge < -0.3 is 15.0 Å². The standard InChI is InChI=1S/C19H25N3O5S/c1-11(2)27-19(24)16-12(3)17(22-13(16)4)18(23)21-10-14-7-6-8-15(9-14)28(25,26)20-5/h6-9,11,20,22H,10H2,1-5H3,(H,21,23). The van der Waals surface area contributed by atoms with Crippen molar-refractivity contribution < 1.29 is 22.7 Å². The zero-order chi connectivity index (χ0) is 21.1. The lowest BCUT2D eigenvalue weighted by Gasteiger charge is -2.09. The number of hydrogen-bond donors (Lipinski definition) is 3. The van der Waals surface area contributed by atoms with Crippen molar-refractivity contribution >= 4 is 21.9 Å². The summed E-state index contributed by atoms with van der Waals surface area (Å²) in [6.07, 6.45) is -0.264. The Morgan fingerprint density at radius 2 is 1.89 bits per heavy atom. The highest BCUT2D eigenvalue weighted by molar-refractivity contribution is 7.89. The van der Waals surface area contributed by atoms with Crippen LogP contribution in [0.25, 0.3) is 0 Å². The van der Waals surface area contributed by atoms with Crippen LogP contribution in [0.3, 0.4) is 0 Å². The number of sulfonamides is 1. The average Bonchev–Trinajstić information content (AvgIpc) is 2.93. The molecule has 0 aliphatic carbocycles. The van der Waals surface area contributed by atoms with E-state index in [4.69, 9.17) is 4.74 Å². The van der Waals surface area contributed by atoms with E-state index in [2.05, 4.69) is 15.0 Å². The van der Waals surface area contributed by atoms with Gasteiger partial charge in [-0.2, -0.15) is 0 Å². The number of ether oxygens (including phenoxy) is 1. The molecule has 2 rings (SSSR count). The number of hydrogen-bond acceptors (Lipinski definition) is 5. The van der Waals surface area contributed by atoms with Gasteiger partial charge in [-0.3, -0.25) is 4.79 Å². The Balaban J connectivity index is 2.17. The monoisotopic (exact) mass is 407 g/mol. The molecule has 0 saturated heterocycles. The van der Waals surface area contributed by atoms with Gasteiger partial charge in [-0.1, -0.05) is 12.1 Å². The molecule has 152 valence electrons. The van der Waals surface area contributed by atoms with Crippen molar-refractivity contribution in [2.24, 2.45) is 0 Å². The molecular formula is C19H25N3O5S. The molecule has 0 spiro atoms. The molecule has 3 N–H and O–H groups in total. The largest absolute Gasteiger partial charge is 0.459 e. The first kappa shape index (κ1) is 21.6. The van der Waals surface area contributed by atoms with Gasteiger partial charge in [0, 0.05) is 12.2 Å². The highest BCUT2D eigenvalue weighted by atomic mass is 32.2. The Morgan fingerprint density at radius 1 is 1.21 bits per heavy atom. The van der Waals surface area contributed by atoms with E-state index >= 15 is 0 Å². The molecule has 1 amide bonds. The van der Waals surface area contributed by atoms with Crippen LogP contribution in [0.2, 0.25) is 0 Å². The second-order valence-corrected chi connectivity index (χ2v) is 8.50. The fourth-order valence-electron chi connectivity index (χ4n) is 2.77. The maximum atomic E-state index is 12.6. The molecular weight excluding hydrogens is 382 g/mol. The van der Waals surface area contributed by atoms with Gasteiger partial charge in [0.15, 0.2) is 0 Å². The van der Waals surface area contributed by atoms with Crippen molar-refractivity contribution in [2.45, 2.75) is 45.2 Å². The minimum Gasteiger partial charge on any atom is -0.459 e. The lowest BCUT2D eigenvalue weighted by molar-refractivity contribution is 0.0376. The summed E-state index contributed by atoms with van der Waals surface area (Å²) >= 11 is 0. The number of aryl methyl sites for hydroxylation is 1. The molecule has 0 unspecified atom stereocenters. The van der Waals surface area contributed by atoms with Crippen LogP contribution in [-0.4, -0.2) is 38.4 Å². The fraction of sp³-hybridized carbons (Fsp3) is 0.368. The predicted molar refractivity (Wildman–Crippen MR) is 105 cm³/mol. The molecule has 9 heteroatoms. The number of benzene rings is 1. The van der Waals surface area contributed by atoms with Crippen molar-refractivity contribution in [3.63, 3.8) is 0 Å². The second kappa shape index (κ2) is 8.57. The molecule has 0 aliphatic rings. The smallest absolute Gasteiger partial charge is 0.340 e. The summed E-state index contributed by atoms with van der Waals surface area (Å²) in [6.45, 7) is 7.02. The Bertz CT molecular complexity index is 993. The zero-order valence-corrected chi connectivity index (χ0v) is 17.4. The van der Waals surface area contributed by atoms with E-state index in [0.29, 0.717) is 22.4 Å². The summed E-state index contributed by atoms with van der Waals surface area (Å²) in [6, 6.07) is 6.29. The zero-order valence-electron chi connectivity index (χ0n) is 16.5. The molecule has 0 fully saturated rings. The van der Waals surface area contributed by atoms with Gasteiger partial charge >= 0.3 is 5.97 Å². The van der Waals surface area contributed by atoms with Gasteiger partial charge in [0.25, 0.3) is 5.91 Å². The van der Waals surface area contributed by atoms with Crippen LogP contribution in [-0.2, 0) is 21.3 Å². The van der Waals surface area contributed by atoms with Gasteiger partial charge in [-0.15, -0.1) is 0 Å². The van der Waals surface area contributed by atoms with Crippen LogP contribution < -0.4 is 10.0 Å². The molecule has 1 aromatic heterocycles. The summed E-state index contributed by atoms with van der Waals surface area (Å²) in [4.78, 5) is 27.8. The minimum absolute atomic E-state index is 0.118. The molecule has 0 radical (unpaired) electrons. The van der Waals surface area contributed by atoms with Gasteiger partial charge in [0.2, 0.25) is 10.0 Å². The van der Waals surface area contributed by atoms with Crippen LogP contribution in [0.4, 0.5) is 0 Å². The minimum atomic E-state index is -3.56. The number of carbonyl (C=O) groups is 2. The maximum Gasteiger partial charge on any atom is 0.340 e. The van der Waals surface area contributed by atoms with Gasteiger partial charge in [-0.05, 0) is 58.0 Å².